The van der Waals surface area contributed by atoms with Crippen LogP contribution in [0.15, 0.2) is 24.3 Å². The zero-order chi connectivity index (χ0) is 12.7. The van der Waals surface area contributed by atoms with E-state index in [0.29, 0.717) is 13.0 Å². The number of aryl methyl sites for hydroxylation is 1. The number of hydrogen-bond acceptors (Lipinski definition) is 4. The molecule has 0 unspecified atom stereocenters. The number of rotatable bonds is 7. The smallest absolute Gasteiger partial charge is 0.264 e. The fourth-order valence-electron chi connectivity index (χ4n) is 1.44. The zero-order valence-electron chi connectivity index (χ0n) is 10.2. The average molecular weight is 258 g/mol. The third kappa shape index (κ3) is 6.28. The Morgan fingerprint density at radius 3 is 2.71 bits per heavy atom. The molecule has 0 aromatic heterocycles. The molecule has 0 bridgehead atoms. The van der Waals surface area contributed by atoms with E-state index in [1.165, 1.54) is 0 Å². The molecule has 0 atom stereocenters. The fourth-order valence-corrected chi connectivity index (χ4v) is 1.86. The summed E-state index contributed by atoms with van der Waals surface area (Å²) in [5.41, 5.74) is 1.12. The van der Waals surface area contributed by atoms with Crippen LogP contribution in [-0.2, 0) is 20.7 Å². The topological polar surface area (TPSA) is 52.6 Å². The Bertz CT molecular complexity index is 440. The maximum absolute atomic E-state index is 10.7. The van der Waals surface area contributed by atoms with Crippen LogP contribution < -0.4 is 4.74 Å². The summed E-state index contributed by atoms with van der Waals surface area (Å²) in [5, 5.41) is 0. The zero-order valence-corrected chi connectivity index (χ0v) is 11.0. The first-order valence-corrected chi connectivity index (χ1v) is 7.39. The van der Waals surface area contributed by atoms with Gasteiger partial charge in [0.2, 0.25) is 0 Å². The molecule has 1 aromatic rings. The van der Waals surface area contributed by atoms with Gasteiger partial charge in [-0.05, 0) is 37.5 Å². The summed E-state index contributed by atoms with van der Waals surface area (Å²) in [6, 6.07) is 7.78. The minimum atomic E-state index is -3.32. The van der Waals surface area contributed by atoms with Crippen LogP contribution >= 0.6 is 0 Å². The van der Waals surface area contributed by atoms with Crippen molar-refractivity contribution in [3.63, 3.8) is 0 Å². The number of hydrogen-bond donors (Lipinski definition) is 0. The summed E-state index contributed by atoms with van der Waals surface area (Å²) < 4.78 is 31.5. The van der Waals surface area contributed by atoms with Crippen LogP contribution in [0, 0.1) is 0 Å². The quantitative estimate of drug-likeness (QED) is 0.554. The van der Waals surface area contributed by atoms with Crippen LogP contribution in [0.3, 0.4) is 0 Å². The highest BCUT2D eigenvalue weighted by molar-refractivity contribution is 7.85. The molecular weight excluding hydrogens is 240 g/mol. The van der Waals surface area contributed by atoms with E-state index in [-0.39, 0.29) is 6.61 Å². The minimum absolute atomic E-state index is 0.220. The molecule has 0 aliphatic heterocycles. The number of benzene rings is 1. The van der Waals surface area contributed by atoms with Crippen molar-refractivity contribution in [2.45, 2.75) is 19.8 Å². The normalized spacial score (nSPS) is 11.4. The van der Waals surface area contributed by atoms with Gasteiger partial charge in [0.1, 0.15) is 5.75 Å². The third-order valence-corrected chi connectivity index (χ3v) is 2.71. The molecular formula is C12H18O4S. The van der Waals surface area contributed by atoms with E-state index in [2.05, 4.69) is 4.18 Å². The lowest BCUT2D eigenvalue weighted by atomic mass is 10.1. The minimum Gasteiger partial charge on any atom is -0.494 e. The highest BCUT2D eigenvalue weighted by Crippen LogP contribution is 2.14. The van der Waals surface area contributed by atoms with Crippen LogP contribution in [0.1, 0.15) is 18.9 Å². The second-order valence-electron chi connectivity index (χ2n) is 3.71. The molecule has 0 radical (unpaired) electrons. The van der Waals surface area contributed by atoms with Crippen molar-refractivity contribution in [3.8, 4) is 5.75 Å². The van der Waals surface area contributed by atoms with Gasteiger partial charge in [-0.1, -0.05) is 12.1 Å². The van der Waals surface area contributed by atoms with E-state index in [9.17, 15) is 8.42 Å². The standard InChI is InChI=1S/C12H18O4S/c1-3-15-12-8-4-6-11(10-12)7-5-9-16-17(2,13)14/h4,6,8,10H,3,5,7,9H2,1-2H3. The first kappa shape index (κ1) is 14.0. The van der Waals surface area contributed by atoms with Crippen LogP contribution in [-0.4, -0.2) is 27.9 Å². The Morgan fingerprint density at radius 1 is 1.29 bits per heavy atom. The molecule has 0 spiro atoms. The van der Waals surface area contributed by atoms with Crippen molar-refractivity contribution in [1.29, 1.82) is 0 Å². The van der Waals surface area contributed by atoms with Gasteiger partial charge in [0.25, 0.3) is 10.1 Å². The molecule has 0 aliphatic carbocycles. The lowest BCUT2D eigenvalue weighted by Crippen LogP contribution is -2.04. The van der Waals surface area contributed by atoms with Gasteiger partial charge in [-0.15, -0.1) is 0 Å². The monoisotopic (exact) mass is 258 g/mol. The highest BCUT2D eigenvalue weighted by atomic mass is 32.2. The molecule has 1 aromatic carbocycles. The van der Waals surface area contributed by atoms with Gasteiger partial charge >= 0.3 is 0 Å². The predicted octanol–water partition coefficient (Wildman–Crippen LogP) is 1.99. The predicted molar refractivity (Wildman–Crippen MR) is 66.7 cm³/mol. The molecule has 17 heavy (non-hydrogen) atoms. The molecule has 0 aliphatic rings. The van der Waals surface area contributed by atoms with Gasteiger partial charge < -0.3 is 4.74 Å². The molecule has 0 saturated carbocycles. The molecule has 0 heterocycles. The molecule has 0 saturated heterocycles. The Hall–Kier alpha value is -1.07. The summed E-state index contributed by atoms with van der Waals surface area (Å²) in [7, 11) is -3.32. The summed E-state index contributed by atoms with van der Waals surface area (Å²) in [6.45, 7) is 2.80. The van der Waals surface area contributed by atoms with Crippen molar-refractivity contribution in [2.75, 3.05) is 19.5 Å². The molecule has 0 N–H and O–H groups in total. The van der Waals surface area contributed by atoms with Crippen LogP contribution in [0.2, 0.25) is 0 Å². The van der Waals surface area contributed by atoms with Gasteiger partial charge in [0.05, 0.1) is 19.5 Å². The second-order valence-corrected chi connectivity index (χ2v) is 5.35. The van der Waals surface area contributed by atoms with Crippen molar-refractivity contribution in [3.05, 3.63) is 29.8 Å². The average Bonchev–Trinajstić information content (AvgIpc) is 2.24. The Morgan fingerprint density at radius 2 is 2.06 bits per heavy atom. The van der Waals surface area contributed by atoms with Gasteiger partial charge in [0.15, 0.2) is 0 Å². The molecule has 5 heteroatoms. The van der Waals surface area contributed by atoms with E-state index >= 15 is 0 Å². The molecule has 96 valence electrons. The van der Waals surface area contributed by atoms with Gasteiger partial charge in [-0.25, -0.2) is 0 Å². The van der Waals surface area contributed by atoms with E-state index in [4.69, 9.17) is 4.74 Å². The van der Waals surface area contributed by atoms with Crippen LogP contribution in [0.4, 0.5) is 0 Å². The summed E-state index contributed by atoms with van der Waals surface area (Å²) in [4.78, 5) is 0. The van der Waals surface area contributed by atoms with Gasteiger partial charge in [-0.3, -0.25) is 4.18 Å². The molecule has 1 rings (SSSR count). The van der Waals surface area contributed by atoms with E-state index in [1.807, 2.05) is 31.2 Å². The van der Waals surface area contributed by atoms with E-state index in [0.717, 1.165) is 24.0 Å². The Labute approximate surface area is 103 Å². The van der Waals surface area contributed by atoms with Crippen LogP contribution in [0.5, 0.6) is 5.75 Å². The van der Waals surface area contributed by atoms with Crippen LogP contribution in [0.25, 0.3) is 0 Å². The van der Waals surface area contributed by atoms with Gasteiger partial charge in [0, 0.05) is 0 Å². The van der Waals surface area contributed by atoms with Crippen molar-refractivity contribution in [2.24, 2.45) is 0 Å². The van der Waals surface area contributed by atoms with Crippen molar-refractivity contribution < 1.29 is 17.3 Å². The largest absolute Gasteiger partial charge is 0.494 e. The van der Waals surface area contributed by atoms with Gasteiger partial charge in [-0.2, -0.15) is 8.42 Å². The van der Waals surface area contributed by atoms with E-state index < -0.39 is 10.1 Å². The second kappa shape index (κ2) is 6.61. The molecule has 4 nitrogen and oxygen atoms in total. The Balaban J connectivity index is 2.38. The summed E-state index contributed by atoms with van der Waals surface area (Å²) in [6.07, 6.45) is 2.50. The first-order valence-electron chi connectivity index (χ1n) is 5.57. The molecule has 0 fully saturated rings. The maximum Gasteiger partial charge on any atom is 0.264 e. The third-order valence-electron chi connectivity index (χ3n) is 2.12. The van der Waals surface area contributed by atoms with Crippen molar-refractivity contribution in [1.82, 2.24) is 0 Å². The first-order chi connectivity index (χ1) is 8.01. The highest BCUT2D eigenvalue weighted by Gasteiger charge is 2.01. The van der Waals surface area contributed by atoms with E-state index in [1.54, 1.807) is 0 Å². The maximum atomic E-state index is 10.7. The summed E-state index contributed by atoms with van der Waals surface area (Å²) in [5.74, 6) is 0.842. The Kier molecular flexibility index (Phi) is 5.44. The van der Waals surface area contributed by atoms with Crippen molar-refractivity contribution >= 4 is 10.1 Å². The lowest BCUT2D eigenvalue weighted by Gasteiger charge is -2.06. The molecule has 0 amide bonds. The summed E-state index contributed by atoms with van der Waals surface area (Å²) >= 11 is 0. The lowest BCUT2D eigenvalue weighted by molar-refractivity contribution is 0.315. The SMILES string of the molecule is CCOc1cccc(CCCOS(C)(=O)=O)c1. The number of ether oxygens (including phenoxy) is 1. The fraction of sp³-hybridized carbons (Fsp3) is 0.500.